The number of thiocarbonyl (C=S) groups is 1. The number of hydrogen-bond donors (Lipinski definition) is 1. The summed E-state index contributed by atoms with van der Waals surface area (Å²) in [5, 5.41) is 6.14. The molecule has 0 saturated heterocycles. The molecule has 1 aliphatic heterocycles. The molecule has 1 atom stereocenters. The van der Waals surface area contributed by atoms with Crippen molar-refractivity contribution in [1.29, 1.82) is 0 Å². The van der Waals surface area contributed by atoms with E-state index in [-0.39, 0.29) is 0 Å². The zero-order chi connectivity index (χ0) is 18.8. The van der Waals surface area contributed by atoms with Gasteiger partial charge >= 0.3 is 0 Å². The van der Waals surface area contributed by atoms with Crippen molar-refractivity contribution in [3.05, 3.63) is 57.6 Å². The zero-order valence-corrected chi connectivity index (χ0v) is 17.9. The lowest BCUT2D eigenvalue weighted by Crippen LogP contribution is -2.38. The van der Waals surface area contributed by atoms with Gasteiger partial charge in [0.05, 0.1) is 22.3 Å². The number of anilines is 2. The first-order valence-electron chi connectivity index (χ1n) is 8.19. The first kappa shape index (κ1) is 19.5. The Morgan fingerprint density at radius 3 is 2.54 bits per heavy atom. The van der Waals surface area contributed by atoms with E-state index in [1.54, 1.807) is 23.9 Å². The van der Waals surface area contributed by atoms with Crippen LogP contribution in [0.25, 0.3) is 0 Å². The van der Waals surface area contributed by atoms with Crippen molar-refractivity contribution in [2.45, 2.75) is 26.0 Å². The molecule has 7 heteroatoms. The Kier molecular flexibility index (Phi) is 6.13. The van der Waals surface area contributed by atoms with E-state index in [1.807, 2.05) is 11.0 Å². The maximum Gasteiger partial charge on any atom is 0.184 e. The van der Waals surface area contributed by atoms with E-state index in [9.17, 15) is 0 Å². The molecule has 0 aromatic heterocycles. The topological polar surface area (TPSA) is 27.6 Å². The molecule has 1 N–H and O–H groups in total. The van der Waals surface area contributed by atoms with Crippen molar-refractivity contribution in [3.8, 4) is 0 Å². The van der Waals surface area contributed by atoms with Gasteiger partial charge in [0.25, 0.3) is 0 Å². The molecule has 1 aliphatic rings. The lowest BCUT2D eigenvalue weighted by Gasteiger charge is -2.26. The average Bonchev–Trinajstić information content (AvgIpc) is 3.00. The fraction of sp³-hybridized carbons (Fsp3) is 0.263. The maximum atomic E-state index is 6.12. The predicted octanol–water partition coefficient (Wildman–Crippen LogP) is 6.30. The Bertz CT molecular complexity index is 883. The van der Waals surface area contributed by atoms with Crippen LogP contribution >= 0.6 is 47.2 Å². The van der Waals surface area contributed by atoms with E-state index in [0.29, 0.717) is 20.4 Å². The third kappa shape index (κ3) is 4.34. The number of aryl methyl sites for hydroxylation is 2. The first-order valence-corrected chi connectivity index (χ1v) is 10.2. The van der Waals surface area contributed by atoms with Crippen LogP contribution in [0.1, 0.15) is 18.1 Å². The molecular weight excluding hydrogens is 405 g/mol. The van der Waals surface area contributed by atoms with Gasteiger partial charge in [0, 0.05) is 10.9 Å². The Balaban J connectivity index is 1.93. The normalized spacial score (nSPS) is 16.3. The van der Waals surface area contributed by atoms with Gasteiger partial charge in [-0.15, -0.1) is 0 Å². The zero-order valence-electron chi connectivity index (χ0n) is 14.7. The van der Waals surface area contributed by atoms with E-state index in [2.05, 4.69) is 49.3 Å². The second kappa shape index (κ2) is 8.17. The van der Waals surface area contributed by atoms with Gasteiger partial charge < -0.3 is 5.32 Å². The minimum absolute atomic E-state index is 0.437. The number of thioether (sulfide) groups is 1. The molecule has 1 unspecified atom stereocenters. The van der Waals surface area contributed by atoms with Crippen molar-refractivity contribution in [2.75, 3.05) is 16.8 Å². The third-order valence-electron chi connectivity index (χ3n) is 4.10. The third-order valence-corrected chi connectivity index (χ3v) is 6.20. The minimum atomic E-state index is 0.437. The Morgan fingerprint density at radius 1 is 1.15 bits per heavy atom. The maximum absolute atomic E-state index is 6.12. The van der Waals surface area contributed by atoms with Gasteiger partial charge in [0.1, 0.15) is 0 Å². The molecule has 136 valence electrons. The van der Waals surface area contributed by atoms with Crippen LogP contribution in [0, 0.1) is 13.8 Å². The fourth-order valence-electron chi connectivity index (χ4n) is 2.52. The molecule has 0 amide bonds. The summed E-state index contributed by atoms with van der Waals surface area (Å²) >= 11 is 19.6. The highest BCUT2D eigenvalue weighted by molar-refractivity contribution is 8.15. The number of hydrogen-bond acceptors (Lipinski definition) is 3. The number of nitrogens with zero attached hydrogens (tertiary/aromatic N) is 2. The summed E-state index contributed by atoms with van der Waals surface area (Å²) in [4.78, 5) is 6.66. The molecule has 0 bridgehead atoms. The predicted molar refractivity (Wildman–Crippen MR) is 120 cm³/mol. The molecule has 0 fully saturated rings. The first-order chi connectivity index (χ1) is 12.3. The summed E-state index contributed by atoms with van der Waals surface area (Å²) in [5.74, 6) is 0. The monoisotopic (exact) mass is 423 g/mol. The Hall–Kier alpha value is -1.27. The van der Waals surface area contributed by atoms with Crippen LogP contribution in [0.15, 0.2) is 41.4 Å². The van der Waals surface area contributed by atoms with Gasteiger partial charge in [-0.25, -0.2) is 0 Å². The Labute approximate surface area is 173 Å². The summed E-state index contributed by atoms with van der Waals surface area (Å²) in [6, 6.07) is 11.7. The molecular formula is C19H19Cl2N3S2. The highest BCUT2D eigenvalue weighted by Gasteiger charge is 2.25. The second-order valence-corrected chi connectivity index (χ2v) is 8.82. The van der Waals surface area contributed by atoms with Crippen LogP contribution in [0.4, 0.5) is 11.4 Å². The van der Waals surface area contributed by atoms with Crippen molar-refractivity contribution in [3.63, 3.8) is 0 Å². The average molecular weight is 424 g/mol. The lowest BCUT2D eigenvalue weighted by molar-refractivity contribution is 0.975. The van der Waals surface area contributed by atoms with Gasteiger partial charge in [-0.1, -0.05) is 48.0 Å². The highest BCUT2D eigenvalue weighted by atomic mass is 35.5. The van der Waals surface area contributed by atoms with Crippen molar-refractivity contribution in [1.82, 2.24) is 0 Å². The van der Waals surface area contributed by atoms with E-state index < -0.39 is 0 Å². The quantitative estimate of drug-likeness (QED) is 0.572. The molecule has 0 radical (unpaired) electrons. The summed E-state index contributed by atoms with van der Waals surface area (Å²) in [6.07, 6.45) is 0. The van der Waals surface area contributed by atoms with Crippen LogP contribution in [0.2, 0.25) is 10.0 Å². The molecule has 0 spiro atoms. The molecule has 3 nitrogen and oxygen atoms in total. The summed E-state index contributed by atoms with van der Waals surface area (Å²) in [6.45, 7) is 7.14. The van der Waals surface area contributed by atoms with Crippen LogP contribution in [0.3, 0.4) is 0 Å². The molecule has 1 heterocycles. The number of halogens is 2. The number of nitrogens with one attached hydrogen (secondary N) is 1. The molecule has 2 aromatic rings. The van der Waals surface area contributed by atoms with Crippen molar-refractivity contribution >= 4 is 68.8 Å². The summed E-state index contributed by atoms with van der Waals surface area (Å²) < 4.78 is 0. The highest BCUT2D eigenvalue weighted by Crippen LogP contribution is 2.30. The summed E-state index contributed by atoms with van der Waals surface area (Å²) in [7, 11) is 0. The molecule has 3 rings (SSSR count). The van der Waals surface area contributed by atoms with Gasteiger partial charge in [0.15, 0.2) is 10.3 Å². The molecule has 0 saturated carbocycles. The molecule has 0 aliphatic carbocycles. The van der Waals surface area contributed by atoms with Crippen molar-refractivity contribution in [2.24, 2.45) is 4.99 Å². The van der Waals surface area contributed by atoms with E-state index in [1.165, 1.54) is 11.1 Å². The van der Waals surface area contributed by atoms with Crippen LogP contribution < -0.4 is 10.2 Å². The van der Waals surface area contributed by atoms with E-state index >= 15 is 0 Å². The largest absolute Gasteiger partial charge is 0.332 e. The second-order valence-electron chi connectivity index (χ2n) is 6.21. The van der Waals surface area contributed by atoms with Crippen LogP contribution in [0.5, 0.6) is 0 Å². The van der Waals surface area contributed by atoms with Gasteiger partial charge in [-0.3, -0.25) is 9.89 Å². The molecule has 26 heavy (non-hydrogen) atoms. The van der Waals surface area contributed by atoms with Gasteiger partial charge in [-0.05, 0) is 67.5 Å². The fourth-order valence-corrected chi connectivity index (χ4v) is 4.14. The standard InChI is InChI=1S/C19H19Cl2N3S2/c1-11-4-6-15(8-12(11)2)24(19-22-10-13(3)26-19)18(25)23-14-5-7-16(20)17(21)9-14/h4-9,13H,10H2,1-3H3,(H,23,25). The van der Waals surface area contributed by atoms with Gasteiger partial charge in [0.2, 0.25) is 0 Å². The SMILES string of the molecule is Cc1ccc(N(C(=S)Nc2ccc(Cl)c(Cl)c2)C2=NCC(C)S2)cc1C. The number of benzene rings is 2. The van der Waals surface area contributed by atoms with E-state index in [0.717, 1.165) is 23.1 Å². The number of rotatable bonds is 2. The summed E-state index contributed by atoms with van der Waals surface area (Å²) in [5.41, 5.74) is 4.23. The van der Waals surface area contributed by atoms with Crippen molar-refractivity contribution < 1.29 is 0 Å². The minimum Gasteiger partial charge on any atom is -0.332 e. The van der Waals surface area contributed by atoms with Gasteiger partial charge in [-0.2, -0.15) is 0 Å². The number of aliphatic imine (C=N–C) groups is 1. The van der Waals surface area contributed by atoms with Crippen LogP contribution in [-0.4, -0.2) is 22.1 Å². The smallest absolute Gasteiger partial charge is 0.184 e. The lowest BCUT2D eigenvalue weighted by atomic mass is 10.1. The van der Waals surface area contributed by atoms with E-state index in [4.69, 9.17) is 35.4 Å². The number of amidine groups is 1. The Morgan fingerprint density at radius 2 is 1.92 bits per heavy atom. The molecule has 2 aromatic carbocycles. The van der Waals surface area contributed by atoms with Crippen LogP contribution in [-0.2, 0) is 0 Å².